The molecule has 0 saturated carbocycles. The standard InChI is InChI=1S/C13H11ClF2O/c1-2-12-9(5-6-17-12)13(14)8-3-4-10(15)11(16)7-8/h3-7,13H,2H2,1H3. The minimum absolute atomic E-state index is 0.515. The number of halogens is 3. The SMILES string of the molecule is CCc1occc1C(Cl)c1ccc(F)c(F)c1. The highest BCUT2D eigenvalue weighted by atomic mass is 35.5. The average molecular weight is 257 g/mol. The maximum atomic E-state index is 13.1. The summed E-state index contributed by atoms with van der Waals surface area (Å²) in [5.41, 5.74) is 1.31. The molecule has 1 nitrogen and oxygen atoms in total. The Kier molecular flexibility index (Phi) is 3.48. The number of hydrogen-bond acceptors (Lipinski definition) is 1. The van der Waals surface area contributed by atoms with Crippen LogP contribution in [0.2, 0.25) is 0 Å². The van der Waals surface area contributed by atoms with Gasteiger partial charge >= 0.3 is 0 Å². The summed E-state index contributed by atoms with van der Waals surface area (Å²) >= 11 is 6.23. The molecule has 0 aliphatic heterocycles. The van der Waals surface area contributed by atoms with Crippen LogP contribution in [0, 0.1) is 11.6 Å². The number of alkyl halides is 1. The first-order valence-electron chi connectivity index (χ1n) is 5.28. The van der Waals surface area contributed by atoms with Crippen molar-refractivity contribution < 1.29 is 13.2 Å². The van der Waals surface area contributed by atoms with Crippen molar-refractivity contribution in [3.05, 3.63) is 59.1 Å². The molecule has 0 spiro atoms. The third-order valence-corrected chi connectivity index (χ3v) is 3.10. The van der Waals surface area contributed by atoms with Crippen LogP contribution < -0.4 is 0 Å². The second-order valence-electron chi connectivity index (χ2n) is 3.69. The zero-order valence-corrected chi connectivity index (χ0v) is 9.97. The maximum absolute atomic E-state index is 13.1. The first-order chi connectivity index (χ1) is 8.13. The second-order valence-corrected chi connectivity index (χ2v) is 4.13. The molecule has 1 atom stereocenters. The topological polar surface area (TPSA) is 13.1 Å². The van der Waals surface area contributed by atoms with Gasteiger partial charge in [-0.25, -0.2) is 8.78 Å². The zero-order chi connectivity index (χ0) is 12.4. The van der Waals surface area contributed by atoms with Crippen LogP contribution in [0.5, 0.6) is 0 Å². The summed E-state index contributed by atoms with van der Waals surface area (Å²) in [5, 5.41) is -0.529. The van der Waals surface area contributed by atoms with Gasteiger partial charge in [0.25, 0.3) is 0 Å². The van der Waals surface area contributed by atoms with Gasteiger partial charge in [-0.05, 0) is 23.8 Å². The normalized spacial score (nSPS) is 12.7. The van der Waals surface area contributed by atoms with Gasteiger partial charge in [-0.2, -0.15) is 0 Å². The molecule has 1 unspecified atom stereocenters. The van der Waals surface area contributed by atoms with Crippen LogP contribution >= 0.6 is 11.6 Å². The third kappa shape index (κ3) is 2.34. The van der Waals surface area contributed by atoms with Crippen molar-refractivity contribution in [1.82, 2.24) is 0 Å². The predicted octanol–water partition coefficient (Wildman–Crippen LogP) is 4.45. The van der Waals surface area contributed by atoms with E-state index in [1.165, 1.54) is 6.07 Å². The van der Waals surface area contributed by atoms with E-state index in [4.69, 9.17) is 16.0 Å². The predicted molar refractivity (Wildman–Crippen MR) is 62.1 cm³/mol. The molecule has 0 fully saturated rings. The first kappa shape index (κ1) is 12.1. The Labute approximate surface area is 103 Å². The quantitative estimate of drug-likeness (QED) is 0.740. The van der Waals surface area contributed by atoms with Gasteiger partial charge in [0.05, 0.1) is 11.6 Å². The third-order valence-electron chi connectivity index (χ3n) is 2.61. The smallest absolute Gasteiger partial charge is 0.159 e. The molecular weight excluding hydrogens is 246 g/mol. The highest BCUT2D eigenvalue weighted by molar-refractivity contribution is 6.22. The number of rotatable bonds is 3. The molecule has 0 N–H and O–H groups in total. The van der Waals surface area contributed by atoms with E-state index in [0.717, 1.165) is 23.5 Å². The second kappa shape index (κ2) is 4.88. The number of furan rings is 1. The van der Waals surface area contributed by atoms with E-state index in [1.807, 2.05) is 6.92 Å². The van der Waals surface area contributed by atoms with Crippen molar-refractivity contribution in [1.29, 1.82) is 0 Å². The molecule has 0 aliphatic rings. The summed E-state index contributed by atoms with van der Waals surface area (Å²) in [7, 11) is 0. The molecule has 1 aromatic heterocycles. The number of hydrogen-bond donors (Lipinski definition) is 0. The molecular formula is C13H11ClF2O. The molecule has 0 saturated heterocycles. The minimum Gasteiger partial charge on any atom is -0.469 e. The van der Waals surface area contributed by atoms with Gasteiger partial charge in [0.2, 0.25) is 0 Å². The van der Waals surface area contributed by atoms with Crippen LogP contribution in [-0.2, 0) is 6.42 Å². The van der Waals surface area contributed by atoms with Gasteiger partial charge in [0.1, 0.15) is 5.76 Å². The van der Waals surface area contributed by atoms with Gasteiger partial charge < -0.3 is 4.42 Å². The first-order valence-corrected chi connectivity index (χ1v) is 5.72. The molecule has 0 amide bonds. The van der Waals surface area contributed by atoms with E-state index in [2.05, 4.69) is 0 Å². The lowest BCUT2D eigenvalue weighted by molar-refractivity contribution is 0.506. The molecule has 4 heteroatoms. The fourth-order valence-electron chi connectivity index (χ4n) is 1.71. The average Bonchev–Trinajstić information content (AvgIpc) is 2.80. The lowest BCUT2D eigenvalue weighted by Crippen LogP contribution is -1.97. The van der Waals surface area contributed by atoms with Crippen LogP contribution in [0.3, 0.4) is 0 Å². The molecule has 17 heavy (non-hydrogen) atoms. The monoisotopic (exact) mass is 256 g/mol. The highest BCUT2D eigenvalue weighted by Gasteiger charge is 2.17. The summed E-state index contributed by atoms with van der Waals surface area (Å²) in [4.78, 5) is 0. The Bertz CT molecular complexity index is 522. The van der Waals surface area contributed by atoms with Crippen molar-refractivity contribution in [2.75, 3.05) is 0 Å². The largest absolute Gasteiger partial charge is 0.469 e. The van der Waals surface area contributed by atoms with Crippen LogP contribution in [0.15, 0.2) is 34.9 Å². The van der Waals surface area contributed by atoms with Crippen LogP contribution in [0.4, 0.5) is 8.78 Å². The number of aryl methyl sites for hydroxylation is 1. The zero-order valence-electron chi connectivity index (χ0n) is 9.21. The minimum atomic E-state index is -0.894. The number of benzene rings is 1. The van der Waals surface area contributed by atoms with Gasteiger partial charge in [0, 0.05) is 12.0 Å². The molecule has 1 heterocycles. The molecule has 2 rings (SSSR count). The van der Waals surface area contributed by atoms with Crippen LogP contribution in [0.1, 0.15) is 29.2 Å². The van der Waals surface area contributed by atoms with Crippen LogP contribution in [-0.4, -0.2) is 0 Å². The highest BCUT2D eigenvalue weighted by Crippen LogP contribution is 2.32. The van der Waals surface area contributed by atoms with E-state index < -0.39 is 17.0 Å². The van der Waals surface area contributed by atoms with Crippen molar-refractivity contribution in [3.8, 4) is 0 Å². The molecule has 0 bridgehead atoms. The van der Waals surface area contributed by atoms with E-state index in [-0.39, 0.29) is 0 Å². The maximum Gasteiger partial charge on any atom is 0.159 e. The van der Waals surface area contributed by atoms with E-state index >= 15 is 0 Å². The molecule has 0 aliphatic carbocycles. The Morgan fingerprint density at radius 3 is 2.65 bits per heavy atom. The van der Waals surface area contributed by atoms with Crippen molar-refractivity contribution in [2.24, 2.45) is 0 Å². The molecule has 1 aromatic carbocycles. The Morgan fingerprint density at radius 1 is 1.24 bits per heavy atom. The Hall–Kier alpha value is -1.35. The van der Waals surface area contributed by atoms with E-state index in [0.29, 0.717) is 12.0 Å². The van der Waals surface area contributed by atoms with E-state index in [9.17, 15) is 8.78 Å². The fourth-order valence-corrected chi connectivity index (χ4v) is 2.04. The Morgan fingerprint density at radius 2 is 2.00 bits per heavy atom. The summed E-state index contributed by atoms with van der Waals surface area (Å²) in [6.07, 6.45) is 2.25. The molecule has 0 radical (unpaired) electrons. The van der Waals surface area contributed by atoms with E-state index in [1.54, 1.807) is 12.3 Å². The summed E-state index contributed by atoms with van der Waals surface area (Å²) in [6.45, 7) is 1.94. The molecule has 2 aromatic rings. The van der Waals surface area contributed by atoms with Gasteiger partial charge in [0.15, 0.2) is 11.6 Å². The molecule has 90 valence electrons. The van der Waals surface area contributed by atoms with Crippen molar-refractivity contribution in [3.63, 3.8) is 0 Å². The summed E-state index contributed by atoms with van der Waals surface area (Å²) < 4.78 is 31.2. The van der Waals surface area contributed by atoms with Crippen molar-refractivity contribution in [2.45, 2.75) is 18.7 Å². The summed E-state index contributed by atoms with van der Waals surface area (Å²) in [5.74, 6) is -1.01. The van der Waals surface area contributed by atoms with Gasteiger partial charge in [-0.3, -0.25) is 0 Å². The van der Waals surface area contributed by atoms with Crippen molar-refractivity contribution >= 4 is 11.6 Å². The van der Waals surface area contributed by atoms with Gasteiger partial charge in [-0.1, -0.05) is 13.0 Å². The van der Waals surface area contributed by atoms with Gasteiger partial charge in [-0.15, -0.1) is 11.6 Å². The Balaban J connectivity index is 2.36. The summed E-state index contributed by atoms with van der Waals surface area (Å²) in [6, 6.07) is 5.41. The lowest BCUT2D eigenvalue weighted by Gasteiger charge is -2.10. The van der Waals surface area contributed by atoms with Crippen LogP contribution in [0.25, 0.3) is 0 Å². The fraction of sp³-hybridized carbons (Fsp3) is 0.231. The lowest BCUT2D eigenvalue weighted by atomic mass is 10.0.